The average molecular weight is 352 g/mol. The number of hydrogen-bond acceptors (Lipinski definition) is 2. The maximum absolute atomic E-state index is 6.46. The first-order chi connectivity index (χ1) is 9.79. The van der Waals surface area contributed by atoms with Crippen LogP contribution in [-0.2, 0) is 0 Å². The lowest BCUT2D eigenvalue weighted by Crippen LogP contribution is -2.46. The Morgan fingerprint density at radius 1 is 1.24 bits per heavy atom. The van der Waals surface area contributed by atoms with Gasteiger partial charge in [-0.2, -0.15) is 0 Å². The van der Waals surface area contributed by atoms with Crippen molar-refractivity contribution < 1.29 is 4.74 Å². The Morgan fingerprint density at radius 3 is 2.52 bits per heavy atom. The third-order valence-corrected chi connectivity index (χ3v) is 5.91. The first-order valence-electron chi connectivity index (χ1n) is 8.03. The molecule has 116 valence electrons. The van der Waals surface area contributed by atoms with Crippen molar-refractivity contribution in [3.63, 3.8) is 0 Å². The summed E-state index contributed by atoms with van der Waals surface area (Å²) in [5.41, 5.74) is 7.95. The highest BCUT2D eigenvalue weighted by atomic mass is 79.9. The van der Waals surface area contributed by atoms with Crippen LogP contribution in [0, 0.1) is 11.3 Å². The van der Waals surface area contributed by atoms with E-state index in [2.05, 4.69) is 54.9 Å². The molecule has 2 nitrogen and oxygen atoms in total. The van der Waals surface area contributed by atoms with Crippen molar-refractivity contribution in [1.82, 2.24) is 0 Å². The summed E-state index contributed by atoms with van der Waals surface area (Å²) in [4.78, 5) is 0. The fourth-order valence-electron chi connectivity index (χ4n) is 4.00. The van der Waals surface area contributed by atoms with Gasteiger partial charge < -0.3 is 10.5 Å². The van der Waals surface area contributed by atoms with E-state index in [1.54, 1.807) is 0 Å². The number of rotatable bonds is 0. The summed E-state index contributed by atoms with van der Waals surface area (Å²) in [7, 11) is 0. The molecule has 1 aliphatic carbocycles. The highest BCUT2D eigenvalue weighted by Gasteiger charge is 2.44. The monoisotopic (exact) mass is 351 g/mol. The molecule has 1 saturated carbocycles. The van der Waals surface area contributed by atoms with Crippen LogP contribution in [0.1, 0.15) is 64.5 Å². The molecule has 0 amide bonds. The molecule has 1 heterocycles. The van der Waals surface area contributed by atoms with E-state index in [-0.39, 0.29) is 11.6 Å². The molecule has 21 heavy (non-hydrogen) atoms. The molecule has 0 aromatic heterocycles. The minimum atomic E-state index is -0.0328. The number of benzene rings is 1. The van der Waals surface area contributed by atoms with Crippen molar-refractivity contribution in [3.05, 3.63) is 28.2 Å². The fourth-order valence-corrected chi connectivity index (χ4v) is 4.34. The molecule has 1 aliphatic heterocycles. The van der Waals surface area contributed by atoms with Gasteiger partial charge in [0, 0.05) is 22.5 Å². The van der Waals surface area contributed by atoms with Crippen LogP contribution in [0.15, 0.2) is 22.7 Å². The number of hydrogen-bond donors (Lipinski definition) is 1. The fraction of sp³-hybridized carbons (Fsp3) is 0.667. The smallest absolute Gasteiger partial charge is 0.126 e. The van der Waals surface area contributed by atoms with E-state index in [9.17, 15) is 0 Å². The summed E-state index contributed by atoms with van der Waals surface area (Å²) < 4.78 is 7.53. The van der Waals surface area contributed by atoms with Gasteiger partial charge >= 0.3 is 0 Å². The Kier molecular flexibility index (Phi) is 3.86. The summed E-state index contributed by atoms with van der Waals surface area (Å²) in [6, 6.07) is 6.33. The first-order valence-corrected chi connectivity index (χ1v) is 8.82. The maximum Gasteiger partial charge on any atom is 0.126 e. The number of ether oxygens (including phenoxy) is 1. The van der Waals surface area contributed by atoms with Gasteiger partial charge in [0.05, 0.1) is 0 Å². The molecule has 1 aromatic rings. The zero-order chi connectivity index (χ0) is 15.3. The van der Waals surface area contributed by atoms with E-state index in [4.69, 9.17) is 10.5 Å². The second-order valence-corrected chi connectivity index (χ2v) is 8.83. The minimum Gasteiger partial charge on any atom is -0.487 e. The van der Waals surface area contributed by atoms with Crippen LogP contribution in [0.5, 0.6) is 5.75 Å². The van der Waals surface area contributed by atoms with E-state index in [1.807, 2.05) is 0 Å². The van der Waals surface area contributed by atoms with Crippen molar-refractivity contribution in [2.45, 2.75) is 64.5 Å². The van der Waals surface area contributed by atoms with Gasteiger partial charge in [-0.05, 0) is 49.1 Å². The Bertz CT molecular complexity index is 527. The second-order valence-electron chi connectivity index (χ2n) is 7.92. The topological polar surface area (TPSA) is 35.2 Å². The normalized spacial score (nSPS) is 32.6. The highest BCUT2D eigenvalue weighted by Crippen LogP contribution is 2.49. The molecule has 2 N–H and O–H groups in total. The molecule has 0 radical (unpaired) electrons. The molecule has 2 aliphatic rings. The van der Waals surface area contributed by atoms with E-state index < -0.39 is 0 Å². The lowest BCUT2D eigenvalue weighted by Gasteiger charge is -2.47. The molecule has 0 bridgehead atoms. The van der Waals surface area contributed by atoms with Crippen molar-refractivity contribution in [3.8, 4) is 5.75 Å². The molecule has 0 saturated heterocycles. The molecule has 3 rings (SSSR count). The Hall–Kier alpha value is -0.540. The van der Waals surface area contributed by atoms with Gasteiger partial charge in [-0.3, -0.25) is 0 Å². The van der Waals surface area contributed by atoms with Gasteiger partial charge in [0.25, 0.3) is 0 Å². The standard InChI is InChI=1S/C18H26BrNO/c1-17(2,3)12-6-8-18(9-7-12)11-15(20)14-5-4-13(19)10-16(14)21-18/h4-5,10,12,15H,6-9,11,20H2,1-3H3/t12?,15-,18?/m0/s1. The van der Waals surface area contributed by atoms with E-state index >= 15 is 0 Å². The lowest BCUT2D eigenvalue weighted by molar-refractivity contribution is -0.0254. The Labute approximate surface area is 136 Å². The predicted octanol–water partition coefficient (Wildman–Crippen LogP) is 5.21. The van der Waals surface area contributed by atoms with Gasteiger partial charge in [-0.15, -0.1) is 0 Å². The summed E-state index contributed by atoms with van der Waals surface area (Å²) in [5, 5.41) is 0. The zero-order valence-electron chi connectivity index (χ0n) is 13.3. The van der Waals surface area contributed by atoms with Crippen molar-refractivity contribution in [1.29, 1.82) is 0 Å². The Balaban J connectivity index is 1.80. The van der Waals surface area contributed by atoms with Crippen LogP contribution in [0.2, 0.25) is 0 Å². The van der Waals surface area contributed by atoms with Gasteiger partial charge in [0.2, 0.25) is 0 Å². The van der Waals surface area contributed by atoms with Crippen LogP contribution in [-0.4, -0.2) is 5.60 Å². The van der Waals surface area contributed by atoms with Gasteiger partial charge in [-0.1, -0.05) is 42.8 Å². The molecule has 1 aromatic carbocycles. The van der Waals surface area contributed by atoms with Crippen LogP contribution in [0.4, 0.5) is 0 Å². The van der Waals surface area contributed by atoms with Gasteiger partial charge in [-0.25, -0.2) is 0 Å². The highest BCUT2D eigenvalue weighted by molar-refractivity contribution is 9.10. The van der Waals surface area contributed by atoms with Crippen molar-refractivity contribution >= 4 is 15.9 Å². The number of nitrogens with two attached hydrogens (primary N) is 1. The summed E-state index contributed by atoms with van der Waals surface area (Å²) in [5.74, 6) is 1.78. The minimum absolute atomic E-state index is 0.0328. The predicted molar refractivity (Wildman–Crippen MR) is 90.5 cm³/mol. The number of halogens is 1. The van der Waals surface area contributed by atoms with Gasteiger partial charge in [0.15, 0.2) is 0 Å². The van der Waals surface area contributed by atoms with Crippen LogP contribution in [0.3, 0.4) is 0 Å². The zero-order valence-corrected chi connectivity index (χ0v) is 14.9. The van der Waals surface area contributed by atoms with E-state index in [0.29, 0.717) is 5.41 Å². The molecule has 0 unspecified atom stereocenters. The maximum atomic E-state index is 6.46. The third-order valence-electron chi connectivity index (χ3n) is 5.42. The van der Waals surface area contributed by atoms with E-state index in [1.165, 1.54) is 12.8 Å². The first kappa shape index (κ1) is 15.4. The Morgan fingerprint density at radius 2 is 1.90 bits per heavy atom. The van der Waals surface area contributed by atoms with Gasteiger partial charge in [0.1, 0.15) is 11.4 Å². The summed E-state index contributed by atoms with van der Waals surface area (Å²) in [6.45, 7) is 7.07. The van der Waals surface area contributed by atoms with Crippen LogP contribution in [0.25, 0.3) is 0 Å². The summed E-state index contributed by atoms with van der Waals surface area (Å²) in [6.07, 6.45) is 5.72. The van der Waals surface area contributed by atoms with Crippen molar-refractivity contribution in [2.24, 2.45) is 17.1 Å². The molecular weight excluding hydrogens is 326 g/mol. The van der Waals surface area contributed by atoms with Crippen LogP contribution < -0.4 is 10.5 Å². The van der Waals surface area contributed by atoms with Crippen molar-refractivity contribution in [2.75, 3.05) is 0 Å². The molecule has 1 atom stereocenters. The molecular formula is C18H26BrNO. The number of fused-ring (bicyclic) bond motifs is 1. The van der Waals surface area contributed by atoms with Crippen LogP contribution >= 0.6 is 15.9 Å². The molecule has 1 spiro atoms. The van der Waals surface area contributed by atoms with E-state index in [0.717, 1.165) is 41.0 Å². The average Bonchev–Trinajstić information content (AvgIpc) is 2.37. The SMILES string of the molecule is CC(C)(C)C1CCC2(CC1)C[C@H](N)c1ccc(Br)cc1O2. The second kappa shape index (κ2) is 5.27. The summed E-state index contributed by atoms with van der Waals surface area (Å²) >= 11 is 3.54. The molecule has 1 fully saturated rings. The molecule has 3 heteroatoms. The largest absolute Gasteiger partial charge is 0.487 e. The third kappa shape index (κ3) is 3.00. The quantitative estimate of drug-likeness (QED) is 0.696. The lowest BCUT2D eigenvalue weighted by atomic mass is 9.66.